The molecule has 0 aliphatic carbocycles. The zero-order chi connectivity index (χ0) is 20.9. The van der Waals surface area contributed by atoms with Crippen LogP contribution in [0.3, 0.4) is 0 Å². The molecule has 3 aromatic carbocycles. The SMILES string of the molecule is N#CCOc1ccc(Br)cc1C=Nn1c(-c2ccccc2)nc2ccccc2c1=O. The fraction of sp³-hybridized carbons (Fsp3) is 0.0435. The van der Waals surface area contributed by atoms with Crippen LogP contribution in [0.5, 0.6) is 5.75 Å². The van der Waals surface area contributed by atoms with E-state index in [-0.39, 0.29) is 12.2 Å². The van der Waals surface area contributed by atoms with Crippen LogP contribution >= 0.6 is 15.9 Å². The predicted molar refractivity (Wildman–Crippen MR) is 120 cm³/mol. The summed E-state index contributed by atoms with van der Waals surface area (Å²) in [6.07, 6.45) is 1.53. The van der Waals surface area contributed by atoms with E-state index >= 15 is 0 Å². The van der Waals surface area contributed by atoms with Gasteiger partial charge in [-0.25, -0.2) is 4.98 Å². The average Bonchev–Trinajstić information content (AvgIpc) is 2.78. The minimum atomic E-state index is -0.273. The third kappa shape index (κ3) is 4.00. The molecule has 1 aromatic heterocycles. The van der Waals surface area contributed by atoms with Crippen molar-refractivity contribution in [3.05, 3.63) is 93.2 Å². The van der Waals surface area contributed by atoms with Crippen LogP contribution in [0.1, 0.15) is 5.56 Å². The summed E-state index contributed by atoms with van der Waals surface area (Å²) in [5, 5.41) is 13.7. The lowest BCUT2D eigenvalue weighted by molar-refractivity contribution is 0.367. The molecule has 0 atom stereocenters. The van der Waals surface area contributed by atoms with E-state index in [9.17, 15) is 4.79 Å². The van der Waals surface area contributed by atoms with E-state index in [0.29, 0.717) is 28.0 Å². The van der Waals surface area contributed by atoms with Crippen LogP contribution in [0, 0.1) is 11.3 Å². The highest BCUT2D eigenvalue weighted by Gasteiger charge is 2.12. The molecule has 0 aliphatic heterocycles. The molecule has 0 aliphatic rings. The molecule has 7 heteroatoms. The van der Waals surface area contributed by atoms with Crippen LogP contribution in [0.25, 0.3) is 22.3 Å². The molecule has 0 fully saturated rings. The van der Waals surface area contributed by atoms with Crippen molar-refractivity contribution >= 4 is 33.0 Å². The van der Waals surface area contributed by atoms with Crippen molar-refractivity contribution in [1.82, 2.24) is 9.66 Å². The lowest BCUT2D eigenvalue weighted by atomic mass is 10.2. The number of aromatic nitrogens is 2. The van der Waals surface area contributed by atoms with E-state index in [0.717, 1.165) is 10.0 Å². The molecule has 0 radical (unpaired) electrons. The van der Waals surface area contributed by atoms with Gasteiger partial charge in [-0.05, 0) is 30.3 Å². The first-order valence-electron chi connectivity index (χ1n) is 9.08. The van der Waals surface area contributed by atoms with Gasteiger partial charge < -0.3 is 4.74 Å². The molecule has 0 amide bonds. The highest BCUT2D eigenvalue weighted by molar-refractivity contribution is 9.10. The van der Waals surface area contributed by atoms with Crippen molar-refractivity contribution in [2.75, 3.05) is 6.61 Å². The Bertz CT molecular complexity index is 1340. The van der Waals surface area contributed by atoms with Crippen molar-refractivity contribution in [3.63, 3.8) is 0 Å². The highest BCUT2D eigenvalue weighted by Crippen LogP contribution is 2.23. The molecule has 6 nitrogen and oxygen atoms in total. The number of fused-ring (bicyclic) bond motifs is 1. The molecule has 0 N–H and O–H groups in total. The molecule has 0 spiro atoms. The van der Waals surface area contributed by atoms with E-state index in [1.165, 1.54) is 10.9 Å². The van der Waals surface area contributed by atoms with E-state index in [4.69, 9.17) is 10.00 Å². The van der Waals surface area contributed by atoms with Crippen molar-refractivity contribution in [1.29, 1.82) is 5.26 Å². The molecule has 146 valence electrons. The number of ether oxygens (including phenoxy) is 1. The molecule has 30 heavy (non-hydrogen) atoms. The van der Waals surface area contributed by atoms with Crippen LogP contribution in [0.4, 0.5) is 0 Å². The summed E-state index contributed by atoms with van der Waals surface area (Å²) in [5.41, 5.74) is 1.73. The fourth-order valence-corrected chi connectivity index (χ4v) is 3.37. The summed E-state index contributed by atoms with van der Waals surface area (Å²) in [6, 6.07) is 23.9. The minimum absolute atomic E-state index is 0.0881. The maximum Gasteiger partial charge on any atom is 0.282 e. The summed E-state index contributed by atoms with van der Waals surface area (Å²) in [7, 11) is 0. The molecule has 0 unspecified atom stereocenters. The van der Waals surface area contributed by atoms with Gasteiger partial charge in [0.25, 0.3) is 5.56 Å². The molecule has 4 aromatic rings. The quantitative estimate of drug-likeness (QED) is 0.409. The normalized spacial score (nSPS) is 10.9. The second-order valence-corrected chi connectivity index (χ2v) is 7.22. The number of benzene rings is 3. The van der Waals surface area contributed by atoms with Gasteiger partial charge in [0, 0.05) is 15.6 Å². The number of hydrogen-bond donors (Lipinski definition) is 0. The van der Waals surface area contributed by atoms with E-state index in [2.05, 4.69) is 26.0 Å². The number of nitriles is 1. The lowest BCUT2D eigenvalue weighted by Crippen LogP contribution is -2.20. The number of hydrogen-bond acceptors (Lipinski definition) is 5. The number of rotatable bonds is 5. The summed E-state index contributed by atoms with van der Waals surface area (Å²) in [6.45, 7) is -0.0881. The van der Waals surface area contributed by atoms with Gasteiger partial charge in [-0.15, -0.1) is 0 Å². The zero-order valence-electron chi connectivity index (χ0n) is 15.7. The van der Waals surface area contributed by atoms with Crippen LogP contribution in [0.2, 0.25) is 0 Å². The first-order chi connectivity index (χ1) is 14.7. The van der Waals surface area contributed by atoms with Gasteiger partial charge in [-0.1, -0.05) is 58.4 Å². The summed E-state index contributed by atoms with van der Waals surface area (Å²) in [5.74, 6) is 0.927. The first kappa shape index (κ1) is 19.6. The number of halogens is 1. The van der Waals surface area contributed by atoms with Gasteiger partial charge in [0.2, 0.25) is 0 Å². The topological polar surface area (TPSA) is 80.3 Å². The summed E-state index contributed by atoms with van der Waals surface area (Å²) >= 11 is 3.43. The summed E-state index contributed by atoms with van der Waals surface area (Å²) in [4.78, 5) is 17.9. The van der Waals surface area contributed by atoms with Crippen LogP contribution in [0.15, 0.2) is 87.2 Å². The molecule has 0 bridgehead atoms. The Hall–Kier alpha value is -3.76. The Kier molecular flexibility index (Phi) is 5.68. The predicted octanol–water partition coefficient (Wildman–Crippen LogP) is 4.61. The van der Waals surface area contributed by atoms with E-state index < -0.39 is 0 Å². The van der Waals surface area contributed by atoms with Gasteiger partial charge in [0.1, 0.15) is 11.8 Å². The largest absolute Gasteiger partial charge is 0.478 e. The van der Waals surface area contributed by atoms with Crippen LogP contribution in [-0.4, -0.2) is 22.5 Å². The highest BCUT2D eigenvalue weighted by atomic mass is 79.9. The Balaban J connectivity index is 1.89. The monoisotopic (exact) mass is 458 g/mol. The zero-order valence-corrected chi connectivity index (χ0v) is 17.3. The fourth-order valence-electron chi connectivity index (χ4n) is 2.99. The molecular weight excluding hydrogens is 444 g/mol. The second kappa shape index (κ2) is 8.72. The second-order valence-electron chi connectivity index (χ2n) is 6.31. The molecule has 4 rings (SSSR count). The average molecular weight is 459 g/mol. The third-order valence-corrected chi connectivity index (χ3v) is 4.86. The van der Waals surface area contributed by atoms with Crippen molar-refractivity contribution in [2.45, 2.75) is 0 Å². The summed E-state index contributed by atoms with van der Waals surface area (Å²) < 4.78 is 7.57. The third-order valence-electron chi connectivity index (χ3n) is 4.36. The van der Waals surface area contributed by atoms with E-state index in [1.807, 2.05) is 48.5 Å². The number of para-hydroxylation sites is 1. The van der Waals surface area contributed by atoms with Gasteiger partial charge in [0.15, 0.2) is 12.4 Å². The van der Waals surface area contributed by atoms with E-state index in [1.54, 1.807) is 30.3 Å². The Morgan fingerprint density at radius 1 is 1.10 bits per heavy atom. The Morgan fingerprint density at radius 2 is 1.87 bits per heavy atom. The number of nitrogens with zero attached hydrogens (tertiary/aromatic N) is 4. The van der Waals surface area contributed by atoms with Crippen LogP contribution in [-0.2, 0) is 0 Å². The van der Waals surface area contributed by atoms with Crippen molar-refractivity contribution in [3.8, 4) is 23.2 Å². The standard InChI is InChI=1S/C23H15BrN4O2/c24-18-10-11-21(30-13-12-25)17(14-18)15-26-28-22(16-6-2-1-3-7-16)27-20-9-5-4-8-19(20)23(28)29/h1-11,14-15H,13H2. The molecule has 1 heterocycles. The maximum atomic E-state index is 13.2. The molecule has 0 saturated carbocycles. The lowest BCUT2D eigenvalue weighted by Gasteiger charge is -2.10. The van der Waals surface area contributed by atoms with Crippen molar-refractivity contribution < 1.29 is 4.74 Å². The van der Waals surface area contributed by atoms with Crippen LogP contribution < -0.4 is 10.3 Å². The van der Waals surface area contributed by atoms with Gasteiger partial charge in [-0.3, -0.25) is 4.79 Å². The Morgan fingerprint density at radius 3 is 2.67 bits per heavy atom. The van der Waals surface area contributed by atoms with Gasteiger partial charge in [0.05, 0.1) is 17.1 Å². The smallest absolute Gasteiger partial charge is 0.282 e. The minimum Gasteiger partial charge on any atom is -0.478 e. The Labute approximate surface area is 180 Å². The molecule has 0 saturated heterocycles. The van der Waals surface area contributed by atoms with Crippen molar-refractivity contribution in [2.24, 2.45) is 5.10 Å². The first-order valence-corrected chi connectivity index (χ1v) is 9.87. The molecular formula is C23H15BrN4O2. The van der Waals surface area contributed by atoms with Gasteiger partial charge >= 0.3 is 0 Å². The van der Waals surface area contributed by atoms with Gasteiger partial charge in [-0.2, -0.15) is 15.0 Å². The maximum absolute atomic E-state index is 13.2.